The number of hydrogen-bond acceptors (Lipinski definition) is 1. The SMILES string of the molecule is c1ccc(-c2cc(-c3ccccc3)nc(-c3ccc4c(c3)C3(c5ccccc5-4)c4ccccc4-c4cc5c6ccccc6c6ccccc6c5cc43)c2)cc1. The Hall–Kier alpha value is -7.09. The van der Waals surface area contributed by atoms with E-state index in [9.17, 15) is 0 Å². The molecule has 1 spiro atoms. The second-order valence-electron chi connectivity index (χ2n) is 15.0. The summed E-state index contributed by atoms with van der Waals surface area (Å²) in [7, 11) is 0. The zero-order valence-electron chi connectivity index (χ0n) is 30.0. The maximum absolute atomic E-state index is 5.38. The predicted molar refractivity (Wildman–Crippen MR) is 229 cm³/mol. The number of pyridine rings is 1. The van der Waals surface area contributed by atoms with Crippen LogP contribution in [0, 0.1) is 0 Å². The molecule has 1 heteroatoms. The van der Waals surface area contributed by atoms with Crippen LogP contribution in [0.1, 0.15) is 22.3 Å². The highest BCUT2D eigenvalue weighted by Crippen LogP contribution is 2.64. The first-order chi connectivity index (χ1) is 27.3. The van der Waals surface area contributed by atoms with Crippen molar-refractivity contribution in [2.24, 2.45) is 0 Å². The Morgan fingerprint density at radius 2 is 0.709 bits per heavy atom. The van der Waals surface area contributed by atoms with Crippen molar-refractivity contribution in [2.45, 2.75) is 5.41 Å². The molecule has 10 aromatic rings. The number of aromatic nitrogens is 1. The zero-order valence-corrected chi connectivity index (χ0v) is 30.0. The Morgan fingerprint density at radius 1 is 0.255 bits per heavy atom. The van der Waals surface area contributed by atoms with Gasteiger partial charge in [0, 0.05) is 11.1 Å². The van der Waals surface area contributed by atoms with Gasteiger partial charge in [-0.25, -0.2) is 4.98 Å². The van der Waals surface area contributed by atoms with E-state index in [1.54, 1.807) is 0 Å². The molecule has 1 atom stereocenters. The second-order valence-corrected chi connectivity index (χ2v) is 15.0. The average Bonchev–Trinajstić information content (AvgIpc) is 3.73. The first kappa shape index (κ1) is 30.4. The van der Waals surface area contributed by atoms with E-state index in [1.165, 1.54) is 82.4 Å². The van der Waals surface area contributed by atoms with Crippen molar-refractivity contribution in [3.05, 3.63) is 222 Å². The molecule has 1 heterocycles. The second kappa shape index (κ2) is 11.5. The Labute approximate surface area is 319 Å². The minimum Gasteiger partial charge on any atom is -0.248 e. The van der Waals surface area contributed by atoms with Crippen molar-refractivity contribution in [1.82, 2.24) is 4.98 Å². The molecule has 1 nitrogen and oxygen atoms in total. The molecular formula is C54H33N. The number of benzene rings is 9. The monoisotopic (exact) mass is 695 g/mol. The van der Waals surface area contributed by atoms with Crippen LogP contribution in [-0.2, 0) is 5.41 Å². The van der Waals surface area contributed by atoms with E-state index < -0.39 is 5.41 Å². The van der Waals surface area contributed by atoms with E-state index >= 15 is 0 Å². The van der Waals surface area contributed by atoms with Gasteiger partial charge in [0.2, 0.25) is 0 Å². The molecule has 0 aliphatic heterocycles. The average molecular weight is 696 g/mol. The molecular weight excluding hydrogens is 663 g/mol. The van der Waals surface area contributed by atoms with E-state index in [0.717, 1.165) is 28.1 Å². The van der Waals surface area contributed by atoms with Crippen molar-refractivity contribution < 1.29 is 0 Å². The molecule has 0 N–H and O–H groups in total. The minimum absolute atomic E-state index is 0.492. The molecule has 0 saturated carbocycles. The maximum atomic E-state index is 5.38. The number of rotatable bonds is 3. The molecule has 1 aromatic heterocycles. The topological polar surface area (TPSA) is 12.9 Å². The molecule has 254 valence electrons. The van der Waals surface area contributed by atoms with Crippen molar-refractivity contribution in [3.63, 3.8) is 0 Å². The van der Waals surface area contributed by atoms with Crippen LogP contribution in [0.2, 0.25) is 0 Å². The zero-order chi connectivity index (χ0) is 36.1. The Kier molecular flexibility index (Phi) is 6.33. The van der Waals surface area contributed by atoms with Gasteiger partial charge in [-0.1, -0.05) is 170 Å². The van der Waals surface area contributed by atoms with Crippen LogP contribution < -0.4 is 0 Å². The predicted octanol–water partition coefficient (Wildman–Crippen LogP) is 13.9. The van der Waals surface area contributed by atoms with E-state index in [1.807, 2.05) is 0 Å². The molecule has 1 unspecified atom stereocenters. The summed E-state index contributed by atoms with van der Waals surface area (Å²) < 4.78 is 0. The van der Waals surface area contributed by atoms with Gasteiger partial charge in [-0.3, -0.25) is 0 Å². The van der Waals surface area contributed by atoms with E-state index in [4.69, 9.17) is 4.98 Å². The molecule has 0 fully saturated rings. The summed E-state index contributed by atoms with van der Waals surface area (Å²) in [6, 6.07) is 73.9. The Bertz CT molecular complexity index is 3140. The molecule has 2 aliphatic carbocycles. The molecule has 2 aliphatic rings. The highest BCUT2D eigenvalue weighted by molar-refractivity contribution is 6.26. The molecule has 0 amide bonds. The summed E-state index contributed by atoms with van der Waals surface area (Å²) in [5.41, 5.74) is 16.6. The van der Waals surface area contributed by atoms with Crippen LogP contribution in [0.5, 0.6) is 0 Å². The van der Waals surface area contributed by atoms with Gasteiger partial charge in [-0.15, -0.1) is 0 Å². The number of fused-ring (bicyclic) bond motifs is 16. The quantitative estimate of drug-likeness (QED) is 0.168. The van der Waals surface area contributed by atoms with Gasteiger partial charge in [0.1, 0.15) is 0 Å². The smallest absolute Gasteiger partial charge is 0.0725 e. The standard InChI is InChI=1S/C54H33N/c1-3-15-34(16-4-1)37-30-52(35-17-5-2-6-18-35)55-53(31-37)36-27-28-44-42-23-11-13-25-48(42)54(50(44)29-36)49-26-14-12-24-43(49)47-32-45-40-21-9-7-19-38(40)39-20-8-10-22-41(39)46(45)33-51(47)54/h1-33H. The summed E-state index contributed by atoms with van der Waals surface area (Å²) >= 11 is 0. The fourth-order valence-electron chi connectivity index (χ4n) is 9.93. The van der Waals surface area contributed by atoms with Crippen LogP contribution in [0.15, 0.2) is 200 Å². The van der Waals surface area contributed by atoms with Crippen LogP contribution in [0.25, 0.3) is 88.2 Å². The summed E-state index contributed by atoms with van der Waals surface area (Å²) in [5, 5.41) is 7.78. The van der Waals surface area contributed by atoms with Gasteiger partial charge in [0.25, 0.3) is 0 Å². The summed E-state index contributed by atoms with van der Waals surface area (Å²) in [6.07, 6.45) is 0. The Morgan fingerprint density at radius 3 is 1.35 bits per heavy atom. The van der Waals surface area contributed by atoms with E-state index in [-0.39, 0.29) is 0 Å². The molecule has 0 radical (unpaired) electrons. The third-order valence-corrected chi connectivity index (χ3v) is 12.3. The normalized spacial score (nSPS) is 15.0. The fraction of sp³-hybridized carbons (Fsp3) is 0.0185. The van der Waals surface area contributed by atoms with Crippen molar-refractivity contribution in [2.75, 3.05) is 0 Å². The molecule has 0 saturated heterocycles. The molecule has 55 heavy (non-hydrogen) atoms. The Balaban J connectivity index is 1.17. The summed E-state index contributed by atoms with van der Waals surface area (Å²) in [4.78, 5) is 5.38. The van der Waals surface area contributed by atoms with Crippen molar-refractivity contribution in [3.8, 4) is 55.9 Å². The van der Waals surface area contributed by atoms with Crippen LogP contribution in [0.4, 0.5) is 0 Å². The largest absolute Gasteiger partial charge is 0.248 e. The van der Waals surface area contributed by atoms with Gasteiger partial charge >= 0.3 is 0 Å². The van der Waals surface area contributed by atoms with Gasteiger partial charge in [0.15, 0.2) is 0 Å². The molecule has 12 rings (SSSR count). The van der Waals surface area contributed by atoms with Gasteiger partial charge in [0.05, 0.1) is 16.8 Å². The summed E-state index contributed by atoms with van der Waals surface area (Å²) in [5.74, 6) is 0. The molecule has 9 aromatic carbocycles. The fourth-order valence-corrected chi connectivity index (χ4v) is 9.93. The highest BCUT2D eigenvalue weighted by atomic mass is 14.7. The van der Waals surface area contributed by atoms with Crippen molar-refractivity contribution >= 4 is 32.3 Å². The van der Waals surface area contributed by atoms with Crippen LogP contribution in [-0.4, -0.2) is 4.98 Å². The number of hydrogen-bond donors (Lipinski definition) is 0. The van der Waals surface area contributed by atoms with Crippen LogP contribution >= 0.6 is 0 Å². The van der Waals surface area contributed by atoms with Crippen molar-refractivity contribution in [1.29, 1.82) is 0 Å². The van der Waals surface area contributed by atoms with Crippen LogP contribution in [0.3, 0.4) is 0 Å². The minimum atomic E-state index is -0.492. The first-order valence-electron chi connectivity index (χ1n) is 19.1. The van der Waals surface area contributed by atoms with E-state index in [2.05, 4.69) is 200 Å². The van der Waals surface area contributed by atoms with Gasteiger partial charge in [-0.2, -0.15) is 0 Å². The lowest BCUT2D eigenvalue weighted by Crippen LogP contribution is -2.26. The lowest BCUT2D eigenvalue weighted by atomic mass is 9.70. The highest BCUT2D eigenvalue weighted by Gasteiger charge is 2.52. The summed E-state index contributed by atoms with van der Waals surface area (Å²) in [6.45, 7) is 0. The number of nitrogens with zero attached hydrogens (tertiary/aromatic N) is 1. The maximum Gasteiger partial charge on any atom is 0.0725 e. The lowest BCUT2D eigenvalue weighted by molar-refractivity contribution is 0.795. The van der Waals surface area contributed by atoms with Gasteiger partial charge < -0.3 is 0 Å². The lowest BCUT2D eigenvalue weighted by Gasteiger charge is -2.31. The first-order valence-corrected chi connectivity index (χ1v) is 19.1. The van der Waals surface area contributed by atoms with Gasteiger partial charge in [-0.05, 0) is 118 Å². The molecule has 0 bridgehead atoms. The third kappa shape index (κ3) is 4.21. The third-order valence-electron chi connectivity index (χ3n) is 12.3. The van der Waals surface area contributed by atoms with E-state index in [0.29, 0.717) is 0 Å².